The lowest BCUT2D eigenvalue weighted by molar-refractivity contribution is 1.07. The highest BCUT2D eigenvalue weighted by Gasteiger charge is 2.22. The lowest BCUT2D eigenvalue weighted by Crippen LogP contribution is -2.00. The van der Waals surface area contributed by atoms with Crippen molar-refractivity contribution in [3.8, 4) is 62.1 Å². The van der Waals surface area contributed by atoms with Crippen LogP contribution in [0.15, 0.2) is 170 Å². The molecular formula is C46H30N4. The van der Waals surface area contributed by atoms with Crippen molar-refractivity contribution in [3.63, 3.8) is 0 Å². The number of nitrogens with zero attached hydrogens (tertiary/aromatic N) is 4. The number of rotatable bonds is 5. The third-order valence-corrected chi connectivity index (χ3v) is 9.92. The molecule has 0 N–H and O–H groups in total. The number of aromatic nitrogens is 4. The van der Waals surface area contributed by atoms with Crippen LogP contribution in [0.1, 0.15) is 11.1 Å². The first-order chi connectivity index (χ1) is 24.8. The molecule has 1 aliphatic rings. The van der Waals surface area contributed by atoms with Crippen LogP contribution in [-0.2, 0) is 6.42 Å². The van der Waals surface area contributed by atoms with E-state index in [1.54, 1.807) is 0 Å². The molecule has 2 aromatic heterocycles. The molecule has 2 heterocycles. The first-order valence-corrected chi connectivity index (χ1v) is 17.0. The van der Waals surface area contributed by atoms with Gasteiger partial charge in [0.1, 0.15) is 0 Å². The number of hydrogen-bond acceptors (Lipinski definition) is 3. The Morgan fingerprint density at radius 1 is 0.380 bits per heavy atom. The summed E-state index contributed by atoms with van der Waals surface area (Å²) in [6.07, 6.45) is 0.967. The van der Waals surface area contributed by atoms with Crippen molar-refractivity contribution in [2.75, 3.05) is 0 Å². The largest absolute Gasteiger partial charge is 0.309 e. The molecule has 7 aromatic carbocycles. The predicted octanol–water partition coefficient (Wildman–Crippen LogP) is 11.2. The summed E-state index contributed by atoms with van der Waals surface area (Å²) >= 11 is 0. The Balaban J connectivity index is 1.07. The van der Waals surface area contributed by atoms with Gasteiger partial charge in [0.25, 0.3) is 0 Å². The van der Waals surface area contributed by atoms with Crippen molar-refractivity contribution in [1.82, 2.24) is 19.5 Å². The normalized spacial score (nSPS) is 11.9. The van der Waals surface area contributed by atoms with Gasteiger partial charge in [0, 0.05) is 33.2 Å². The molecule has 1 aliphatic carbocycles. The second-order valence-corrected chi connectivity index (χ2v) is 12.8. The van der Waals surface area contributed by atoms with Crippen molar-refractivity contribution in [3.05, 3.63) is 181 Å². The van der Waals surface area contributed by atoms with Crippen molar-refractivity contribution < 1.29 is 0 Å². The maximum atomic E-state index is 4.94. The lowest BCUT2D eigenvalue weighted by atomic mass is 9.95. The van der Waals surface area contributed by atoms with Gasteiger partial charge in [-0.2, -0.15) is 0 Å². The molecule has 0 saturated carbocycles. The van der Waals surface area contributed by atoms with E-state index in [2.05, 4.69) is 114 Å². The van der Waals surface area contributed by atoms with E-state index in [-0.39, 0.29) is 0 Å². The van der Waals surface area contributed by atoms with E-state index in [0.717, 1.165) is 28.8 Å². The molecule has 0 unspecified atom stereocenters. The fraction of sp³-hybridized carbons (Fsp3) is 0.0217. The number of hydrogen-bond donors (Lipinski definition) is 0. The zero-order valence-corrected chi connectivity index (χ0v) is 27.2. The molecule has 0 spiro atoms. The van der Waals surface area contributed by atoms with E-state index in [1.165, 1.54) is 55.2 Å². The van der Waals surface area contributed by atoms with Crippen molar-refractivity contribution in [2.45, 2.75) is 6.42 Å². The zero-order valence-electron chi connectivity index (χ0n) is 27.2. The topological polar surface area (TPSA) is 43.6 Å². The summed E-state index contributed by atoms with van der Waals surface area (Å²) in [4.78, 5) is 14.7. The molecule has 50 heavy (non-hydrogen) atoms. The van der Waals surface area contributed by atoms with Gasteiger partial charge < -0.3 is 4.57 Å². The molecule has 0 bridgehead atoms. The maximum absolute atomic E-state index is 4.94. The van der Waals surface area contributed by atoms with Crippen LogP contribution < -0.4 is 0 Å². The van der Waals surface area contributed by atoms with Crippen LogP contribution in [0.25, 0.3) is 83.9 Å². The fourth-order valence-electron chi connectivity index (χ4n) is 7.54. The number of benzene rings is 7. The average molecular weight is 639 g/mol. The second kappa shape index (κ2) is 11.5. The summed E-state index contributed by atoms with van der Waals surface area (Å²) in [7, 11) is 0. The summed E-state index contributed by atoms with van der Waals surface area (Å²) in [5, 5.41) is 2.48. The van der Waals surface area contributed by atoms with Crippen LogP contribution >= 0.6 is 0 Å². The SMILES string of the molecule is c1ccc(-c2nc(-c3ccccc3)nc(-c3ccc(-n4c5ccccc5c5cc(-c6cccc7c6Cc6ccccc6-7)ccc54)cc3)n2)cc1. The average Bonchev–Trinajstić information content (AvgIpc) is 3.74. The zero-order chi connectivity index (χ0) is 33.0. The van der Waals surface area contributed by atoms with Crippen molar-refractivity contribution in [2.24, 2.45) is 0 Å². The minimum absolute atomic E-state index is 0.647. The van der Waals surface area contributed by atoms with Crippen LogP contribution in [0.3, 0.4) is 0 Å². The van der Waals surface area contributed by atoms with Gasteiger partial charge in [0.15, 0.2) is 17.5 Å². The van der Waals surface area contributed by atoms with E-state index in [0.29, 0.717) is 17.5 Å². The van der Waals surface area contributed by atoms with Crippen LogP contribution in [0.5, 0.6) is 0 Å². The number of para-hydroxylation sites is 1. The monoisotopic (exact) mass is 638 g/mol. The summed E-state index contributed by atoms with van der Waals surface area (Å²) in [6.45, 7) is 0. The highest BCUT2D eigenvalue weighted by molar-refractivity contribution is 6.10. The molecular weight excluding hydrogens is 609 g/mol. The van der Waals surface area contributed by atoms with Crippen molar-refractivity contribution in [1.29, 1.82) is 0 Å². The van der Waals surface area contributed by atoms with Crippen LogP contribution in [0, 0.1) is 0 Å². The van der Waals surface area contributed by atoms with Gasteiger partial charge in [-0.05, 0) is 82.3 Å². The highest BCUT2D eigenvalue weighted by Crippen LogP contribution is 2.43. The van der Waals surface area contributed by atoms with Crippen LogP contribution in [0.4, 0.5) is 0 Å². The first kappa shape index (κ1) is 28.4. The molecule has 9 aromatic rings. The molecule has 4 nitrogen and oxygen atoms in total. The van der Waals surface area contributed by atoms with Gasteiger partial charge in [-0.1, -0.05) is 127 Å². The lowest BCUT2D eigenvalue weighted by Gasteiger charge is -2.12. The van der Waals surface area contributed by atoms with Gasteiger partial charge >= 0.3 is 0 Å². The Kier molecular flexibility index (Phi) is 6.53. The molecule has 0 radical (unpaired) electrons. The molecule has 0 aliphatic heterocycles. The molecule has 234 valence electrons. The molecule has 0 fully saturated rings. The summed E-state index contributed by atoms with van der Waals surface area (Å²) < 4.78 is 2.36. The Morgan fingerprint density at radius 2 is 0.920 bits per heavy atom. The highest BCUT2D eigenvalue weighted by atomic mass is 15.0. The summed E-state index contributed by atoms with van der Waals surface area (Å²) in [6, 6.07) is 59.9. The van der Waals surface area contributed by atoms with Gasteiger partial charge in [-0.25, -0.2) is 15.0 Å². The van der Waals surface area contributed by atoms with Gasteiger partial charge in [-0.15, -0.1) is 0 Å². The molecule has 0 saturated heterocycles. The Hall–Kier alpha value is -6.65. The minimum atomic E-state index is 0.647. The summed E-state index contributed by atoms with van der Waals surface area (Å²) in [5.74, 6) is 1.96. The standard InChI is InChI=1S/C46H30N4/c1-3-12-30(13-4-1)44-47-45(31-14-5-2-6-15-31)49-46(48-44)32-22-25-35(26-23-32)50-42-21-10-9-18-39(42)41-29-34(24-27-43(41)50)37-19-11-20-38-36-17-8-7-16-33(36)28-40(37)38/h1-27,29H,28H2. The van der Waals surface area contributed by atoms with Crippen molar-refractivity contribution >= 4 is 21.8 Å². The third-order valence-electron chi connectivity index (χ3n) is 9.92. The fourth-order valence-corrected chi connectivity index (χ4v) is 7.54. The predicted molar refractivity (Wildman–Crippen MR) is 204 cm³/mol. The molecule has 0 atom stereocenters. The number of fused-ring (bicyclic) bond motifs is 6. The maximum Gasteiger partial charge on any atom is 0.164 e. The van der Waals surface area contributed by atoms with E-state index in [9.17, 15) is 0 Å². The Morgan fingerprint density at radius 3 is 1.64 bits per heavy atom. The van der Waals surface area contributed by atoms with Crippen LogP contribution in [0.2, 0.25) is 0 Å². The minimum Gasteiger partial charge on any atom is -0.309 e. The van der Waals surface area contributed by atoms with E-state index >= 15 is 0 Å². The molecule has 10 rings (SSSR count). The van der Waals surface area contributed by atoms with E-state index < -0.39 is 0 Å². The second-order valence-electron chi connectivity index (χ2n) is 12.8. The van der Waals surface area contributed by atoms with Gasteiger partial charge in [-0.3, -0.25) is 0 Å². The first-order valence-electron chi connectivity index (χ1n) is 17.0. The Bertz CT molecular complexity index is 2650. The molecule has 4 heteroatoms. The van der Waals surface area contributed by atoms with Gasteiger partial charge in [0.05, 0.1) is 11.0 Å². The summed E-state index contributed by atoms with van der Waals surface area (Å²) in [5.41, 5.74) is 14.4. The van der Waals surface area contributed by atoms with Gasteiger partial charge in [0.2, 0.25) is 0 Å². The van der Waals surface area contributed by atoms with Crippen LogP contribution in [-0.4, -0.2) is 19.5 Å². The van der Waals surface area contributed by atoms with E-state index in [4.69, 9.17) is 15.0 Å². The van der Waals surface area contributed by atoms with E-state index in [1.807, 2.05) is 60.7 Å². The third kappa shape index (κ3) is 4.65. The quantitative estimate of drug-likeness (QED) is 0.188. The Labute approximate surface area is 290 Å². The molecule has 0 amide bonds. The smallest absolute Gasteiger partial charge is 0.164 e.